The summed E-state index contributed by atoms with van der Waals surface area (Å²) in [6, 6.07) is 0. The number of rotatable bonds is 13. The van der Waals surface area contributed by atoms with Crippen LogP contribution in [0.15, 0.2) is 12.2 Å². The van der Waals surface area contributed by atoms with Crippen molar-refractivity contribution in [2.75, 3.05) is 0 Å². The second kappa shape index (κ2) is 12.6. The van der Waals surface area contributed by atoms with Gasteiger partial charge in [0.05, 0.1) is 12.5 Å². The molecule has 1 aliphatic rings. The number of carboxylic acids is 1. The Morgan fingerprint density at radius 1 is 1.15 bits per heavy atom. The van der Waals surface area contributed by atoms with Gasteiger partial charge in [-0.3, -0.25) is 14.4 Å². The molecule has 0 radical (unpaired) electrons. The second-order valence-corrected chi connectivity index (χ2v) is 6.99. The van der Waals surface area contributed by atoms with Crippen molar-refractivity contribution in [2.45, 2.75) is 89.8 Å². The van der Waals surface area contributed by atoms with E-state index in [0.29, 0.717) is 38.5 Å². The van der Waals surface area contributed by atoms with E-state index in [-0.39, 0.29) is 24.5 Å². The molecule has 0 aromatic heterocycles. The SMILES string of the molecule is CCCCCC(=O)CC[C@H]1OC(=O)C[C@H](O)[C@@H]1CC=CCCCC(=O)O. The van der Waals surface area contributed by atoms with Crippen molar-refractivity contribution in [3.8, 4) is 0 Å². The number of carbonyl (C=O) groups is 3. The molecule has 0 aromatic carbocycles. The molecule has 6 heteroatoms. The molecule has 0 unspecified atom stereocenters. The lowest BCUT2D eigenvalue weighted by molar-refractivity contribution is -0.169. The van der Waals surface area contributed by atoms with Gasteiger partial charge in [-0.05, 0) is 32.1 Å². The minimum Gasteiger partial charge on any atom is -0.481 e. The molecule has 0 bridgehead atoms. The van der Waals surface area contributed by atoms with Crippen molar-refractivity contribution >= 4 is 17.7 Å². The molecule has 0 aromatic rings. The minimum atomic E-state index is -0.809. The molecule has 1 rings (SSSR count). The lowest BCUT2D eigenvalue weighted by Gasteiger charge is -2.34. The Hall–Kier alpha value is -1.69. The standard InChI is InChI=1S/C20H32O6/c1-2-3-6-9-15(21)12-13-18-16(17(22)14-20(25)26-18)10-7-4-5-8-11-19(23)24/h4,7,16-18,22H,2-3,5-6,8-14H2,1H3,(H,23,24)/t16-,17-,18+/m0/s1. The summed E-state index contributed by atoms with van der Waals surface area (Å²) < 4.78 is 5.39. The number of hydrogen-bond donors (Lipinski definition) is 2. The summed E-state index contributed by atoms with van der Waals surface area (Å²) in [6.45, 7) is 2.09. The number of unbranched alkanes of at least 4 members (excludes halogenated alkanes) is 3. The molecule has 0 saturated carbocycles. The average molecular weight is 368 g/mol. The van der Waals surface area contributed by atoms with Crippen LogP contribution in [-0.4, -0.2) is 40.1 Å². The number of ketones is 1. The van der Waals surface area contributed by atoms with Gasteiger partial charge in [-0.2, -0.15) is 0 Å². The van der Waals surface area contributed by atoms with Crippen LogP contribution in [0.4, 0.5) is 0 Å². The van der Waals surface area contributed by atoms with Crippen molar-refractivity contribution in [3.63, 3.8) is 0 Å². The molecule has 1 saturated heterocycles. The predicted molar refractivity (Wildman–Crippen MR) is 97.6 cm³/mol. The van der Waals surface area contributed by atoms with Crippen LogP contribution in [0.3, 0.4) is 0 Å². The molecule has 6 nitrogen and oxygen atoms in total. The number of aliphatic hydroxyl groups is 1. The van der Waals surface area contributed by atoms with Gasteiger partial charge < -0.3 is 14.9 Å². The van der Waals surface area contributed by atoms with Gasteiger partial charge in [0.2, 0.25) is 0 Å². The van der Waals surface area contributed by atoms with Crippen molar-refractivity contribution in [1.29, 1.82) is 0 Å². The molecule has 2 N–H and O–H groups in total. The summed E-state index contributed by atoms with van der Waals surface area (Å²) in [5.41, 5.74) is 0. The number of ether oxygens (including phenoxy) is 1. The molecular weight excluding hydrogens is 336 g/mol. The van der Waals surface area contributed by atoms with Gasteiger partial charge in [0.15, 0.2) is 0 Å². The first-order valence-corrected chi connectivity index (χ1v) is 9.70. The molecular formula is C20H32O6. The number of allylic oxidation sites excluding steroid dienone is 2. The summed E-state index contributed by atoms with van der Waals surface area (Å²) >= 11 is 0. The van der Waals surface area contributed by atoms with Crippen LogP contribution in [0.5, 0.6) is 0 Å². The smallest absolute Gasteiger partial charge is 0.308 e. The molecule has 26 heavy (non-hydrogen) atoms. The topological polar surface area (TPSA) is 101 Å². The highest BCUT2D eigenvalue weighted by Crippen LogP contribution is 2.29. The Morgan fingerprint density at radius 2 is 1.92 bits per heavy atom. The summed E-state index contributed by atoms with van der Waals surface area (Å²) in [5.74, 6) is -1.26. The van der Waals surface area contributed by atoms with E-state index >= 15 is 0 Å². The van der Waals surface area contributed by atoms with Crippen molar-refractivity contribution in [2.24, 2.45) is 5.92 Å². The number of carbonyl (C=O) groups excluding carboxylic acids is 2. The zero-order valence-electron chi connectivity index (χ0n) is 15.7. The lowest BCUT2D eigenvalue weighted by Crippen LogP contribution is -2.42. The lowest BCUT2D eigenvalue weighted by atomic mass is 9.85. The highest BCUT2D eigenvalue weighted by Gasteiger charge is 2.36. The first-order chi connectivity index (χ1) is 12.4. The monoisotopic (exact) mass is 368 g/mol. The fourth-order valence-corrected chi connectivity index (χ4v) is 3.20. The number of carboxylic acid groups (broad SMARTS) is 1. The molecule has 1 heterocycles. The highest BCUT2D eigenvalue weighted by molar-refractivity contribution is 5.78. The van der Waals surface area contributed by atoms with Crippen molar-refractivity contribution in [1.82, 2.24) is 0 Å². The highest BCUT2D eigenvalue weighted by atomic mass is 16.5. The number of aliphatic carboxylic acids is 1. The van der Waals surface area contributed by atoms with E-state index in [1.807, 2.05) is 12.2 Å². The maximum Gasteiger partial charge on any atom is 0.308 e. The fourth-order valence-electron chi connectivity index (χ4n) is 3.20. The molecule has 1 fully saturated rings. The Bertz CT molecular complexity index is 485. The molecule has 148 valence electrons. The molecule has 3 atom stereocenters. The first kappa shape index (κ1) is 22.4. The summed E-state index contributed by atoms with van der Waals surface area (Å²) in [6.07, 6.45) is 8.90. The number of cyclic esters (lactones) is 1. The van der Waals surface area contributed by atoms with Crippen LogP contribution >= 0.6 is 0 Å². The number of Topliss-reactive ketones (excluding diaryl/α,β-unsaturated/α-hetero) is 1. The third-order valence-corrected chi connectivity index (χ3v) is 4.73. The zero-order valence-corrected chi connectivity index (χ0v) is 15.7. The Labute approximate surface area is 155 Å². The maximum absolute atomic E-state index is 12.0. The van der Waals surface area contributed by atoms with Crippen LogP contribution in [0.2, 0.25) is 0 Å². The van der Waals surface area contributed by atoms with Gasteiger partial charge in [0.1, 0.15) is 11.9 Å². The average Bonchev–Trinajstić information content (AvgIpc) is 2.57. The van der Waals surface area contributed by atoms with Crippen LogP contribution in [0.1, 0.15) is 77.6 Å². The number of hydrogen-bond acceptors (Lipinski definition) is 5. The van der Waals surface area contributed by atoms with E-state index in [2.05, 4.69) is 6.92 Å². The molecule has 0 aliphatic carbocycles. The van der Waals surface area contributed by atoms with Crippen molar-refractivity contribution in [3.05, 3.63) is 12.2 Å². The fraction of sp³-hybridized carbons (Fsp3) is 0.750. The van der Waals surface area contributed by atoms with E-state index in [9.17, 15) is 19.5 Å². The Balaban J connectivity index is 2.45. The second-order valence-electron chi connectivity index (χ2n) is 6.99. The quantitative estimate of drug-likeness (QED) is 0.293. The van der Waals surface area contributed by atoms with Gasteiger partial charge in [-0.15, -0.1) is 0 Å². The van der Waals surface area contributed by atoms with Gasteiger partial charge in [0.25, 0.3) is 0 Å². The largest absolute Gasteiger partial charge is 0.481 e. The predicted octanol–water partition coefficient (Wildman–Crippen LogP) is 3.41. The molecule has 1 aliphatic heterocycles. The Kier molecular flexibility index (Phi) is 10.9. The van der Waals surface area contributed by atoms with Crippen molar-refractivity contribution < 1.29 is 29.3 Å². The molecule has 0 amide bonds. The van der Waals surface area contributed by atoms with Crippen LogP contribution in [-0.2, 0) is 19.1 Å². The minimum absolute atomic E-state index is 0.0154. The normalized spacial score (nSPS) is 23.2. The third-order valence-electron chi connectivity index (χ3n) is 4.73. The van der Waals surface area contributed by atoms with E-state index < -0.39 is 24.1 Å². The van der Waals surface area contributed by atoms with E-state index in [1.165, 1.54) is 0 Å². The van der Waals surface area contributed by atoms with Crippen LogP contribution in [0.25, 0.3) is 0 Å². The molecule has 0 spiro atoms. The Morgan fingerprint density at radius 3 is 2.62 bits per heavy atom. The number of aliphatic hydroxyl groups excluding tert-OH is 1. The summed E-state index contributed by atoms with van der Waals surface area (Å²) in [4.78, 5) is 34.0. The van der Waals surface area contributed by atoms with Gasteiger partial charge in [-0.25, -0.2) is 0 Å². The van der Waals surface area contributed by atoms with E-state index in [4.69, 9.17) is 9.84 Å². The van der Waals surface area contributed by atoms with E-state index in [1.54, 1.807) is 0 Å². The third kappa shape index (κ3) is 9.13. The van der Waals surface area contributed by atoms with E-state index in [0.717, 1.165) is 19.3 Å². The van der Waals surface area contributed by atoms with Crippen LogP contribution in [0, 0.1) is 5.92 Å². The maximum atomic E-state index is 12.0. The van der Waals surface area contributed by atoms with Gasteiger partial charge >= 0.3 is 11.9 Å². The zero-order chi connectivity index (χ0) is 19.4. The number of esters is 1. The van der Waals surface area contributed by atoms with Gasteiger partial charge in [0, 0.05) is 25.2 Å². The van der Waals surface area contributed by atoms with Gasteiger partial charge in [-0.1, -0.05) is 31.9 Å². The summed E-state index contributed by atoms with van der Waals surface area (Å²) in [7, 11) is 0. The summed E-state index contributed by atoms with van der Waals surface area (Å²) in [5, 5.41) is 18.8. The van der Waals surface area contributed by atoms with Crippen LogP contribution < -0.4 is 0 Å². The first-order valence-electron chi connectivity index (χ1n) is 9.70.